The molecule has 1 fully saturated rings. The first kappa shape index (κ1) is 12.6. The predicted molar refractivity (Wildman–Crippen MR) is 70.4 cm³/mol. The molecule has 19 heavy (non-hydrogen) atoms. The molecular weight excluding hydrogens is 267 g/mol. The molecule has 0 atom stereocenters. The zero-order valence-corrected chi connectivity index (χ0v) is 11.1. The third-order valence-corrected chi connectivity index (χ3v) is 3.60. The van der Waals surface area contributed by atoms with Crippen molar-refractivity contribution in [3.05, 3.63) is 46.8 Å². The van der Waals surface area contributed by atoms with Crippen molar-refractivity contribution in [2.45, 2.75) is 32.0 Å². The zero-order valence-electron chi connectivity index (χ0n) is 10.3. The summed E-state index contributed by atoms with van der Waals surface area (Å²) in [6, 6.07) is 5.41. The lowest BCUT2D eigenvalue weighted by Crippen LogP contribution is -2.19. The normalized spacial score (nSPS) is 14.8. The Morgan fingerprint density at radius 3 is 3.05 bits per heavy atom. The van der Waals surface area contributed by atoms with Gasteiger partial charge >= 0.3 is 0 Å². The van der Waals surface area contributed by atoms with Crippen LogP contribution in [0.1, 0.15) is 24.2 Å². The van der Waals surface area contributed by atoms with Gasteiger partial charge in [0.15, 0.2) is 0 Å². The van der Waals surface area contributed by atoms with Crippen LogP contribution in [0.5, 0.6) is 0 Å². The van der Waals surface area contributed by atoms with Gasteiger partial charge < -0.3 is 5.32 Å². The average Bonchev–Trinajstić information content (AvgIpc) is 3.13. The van der Waals surface area contributed by atoms with Gasteiger partial charge in [0.05, 0.1) is 18.1 Å². The van der Waals surface area contributed by atoms with E-state index in [1.165, 1.54) is 25.2 Å². The number of benzene rings is 1. The summed E-state index contributed by atoms with van der Waals surface area (Å²) in [4.78, 5) is 4.22. The summed E-state index contributed by atoms with van der Waals surface area (Å²) in [5.41, 5.74) is 0.708. The molecule has 3 rings (SSSR count). The number of nitrogens with zero attached hydrogens (tertiary/aromatic N) is 3. The van der Waals surface area contributed by atoms with E-state index < -0.39 is 5.82 Å². The Balaban J connectivity index is 1.75. The Morgan fingerprint density at radius 1 is 1.42 bits per heavy atom. The van der Waals surface area contributed by atoms with Crippen LogP contribution in [0.4, 0.5) is 4.39 Å². The smallest absolute Gasteiger partial charge is 0.142 e. The molecule has 1 saturated carbocycles. The Labute approximate surface area is 115 Å². The third-order valence-electron chi connectivity index (χ3n) is 3.17. The number of nitrogens with one attached hydrogen (secondary N) is 1. The minimum atomic E-state index is -0.406. The molecule has 1 aromatic heterocycles. The molecule has 1 aliphatic carbocycles. The van der Waals surface area contributed by atoms with Crippen LogP contribution >= 0.6 is 11.6 Å². The van der Waals surface area contributed by atoms with E-state index in [0.29, 0.717) is 24.7 Å². The van der Waals surface area contributed by atoms with Crippen molar-refractivity contribution >= 4 is 11.6 Å². The second kappa shape index (κ2) is 5.27. The molecule has 4 nitrogen and oxygen atoms in total. The molecule has 100 valence electrons. The van der Waals surface area contributed by atoms with E-state index in [-0.39, 0.29) is 5.02 Å². The van der Waals surface area contributed by atoms with Crippen LogP contribution in [-0.2, 0) is 13.1 Å². The minimum Gasteiger partial charge on any atom is -0.307 e. The second-order valence-electron chi connectivity index (χ2n) is 4.70. The predicted octanol–water partition coefficient (Wildman–Crippen LogP) is 2.37. The minimum absolute atomic E-state index is 0.152. The van der Waals surface area contributed by atoms with Gasteiger partial charge in [-0.05, 0) is 24.5 Å². The molecule has 0 amide bonds. The van der Waals surface area contributed by atoms with Crippen molar-refractivity contribution in [2.75, 3.05) is 0 Å². The first-order valence-corrected chi connectivity index (χ1v) is 6.65. The van der Waals surface area contributed by atoms with Gasteiger partial charge in [0.25, 0.3) is 0 Å². The van der Waals surface area contributed by atoms with E-state index in [9.17, 15) is 4.39 Å². The number of hydrogen-bond donors (Lipinski definition) is 1. The fourth-order valence-corrected chi connectivity index (χ4v) is 2.10. The monoisotopic (exact) mass is 280 g/mol. The molecular formula is C13H14ClFN4. The van der Waals surface area contributed by atoms with Gasteiger partial charge in [0.1, 0.15) is 18.0 Å². The molecule has 1 heterocycles. The van der Waals surface area contributed by atoms with Crippen molar-refractivity contribution in [2.24, 2.45) is 0 Å². The fourth-order valence-electron chi connectivity index (χ4n) is 1.91. The second-order valence-corrected chi connectivity index (χ2v) is 5.08. The lowest BCUT2D eigenvalue weighted by atomic mass is 10.2. The summed E-state index contributed by atoms with van der Waals surface area (Å²) in [5.74, 6) is 0.434. The van der Waals surface area contributed by atoms with Crippen LogP contribution in [0.3, 0.4) is 0 Å². The Bertz CT molecular complexity index is 580. The maximum Gasteiger partial charge on any atom is 0.142 e. The Hall–Kier alpha value is -1.46. The summed E-state index contributed by atoms with van der Waals surface area (Å²) in [6.07, 6.45) is 3.96. The quantitative estimate of drug-likeness (QED) is 0.914. The lowest BCUT2D eigenvalue weighted by molar-refractivity contribution is 0.579. The molecule has 0 aliphatic heterocycles. The lowest BCUT2D eigenvalue weighted by Gasteiger charge is -2.08. The van der Waals surface area contributed by atoms with Crippen LogP contribution in [0, 0.1) is 5.82 Å². The fraction of sp³-hybridized carbons (Fsp3) is 0.385. The highest BCUT2D eigenvalue weighted by Crippen LogP contribution is 2.21. The third kappa shape index (κ3) is 2.93. The first-order valence-electron chi connectivity index (χ1n) is 6.27. The van der Waals surface area contributed by atoms with Crippen molar-refractivity contribution in [1.82, 2.24) is 20.1 Å². The zero-order chi connectivity index (χ0) is 13.2. The molecule has 0 unspecified atom stereocenters. The first-order chi connectivity index (χ1) is 9.24. The van der Waals surface area contributed by atoms with E-state index >= 15 is 0 Å². The van der Waals surface area contributed by atoms with Gasteiger partial charge in [-0.1, -0.05) is 23.7 Å². The number of hydrogen-bond acceptors (Lipinski definition) is 3. The number of halogens is 2. The summed E-state index contributed by atoms with van der Waals surface area (Å²) < 4.78 is 15.1. The Morgan fingerprint density at radius 2 is 2.26 bits per heavy atom. The molecule has 0 radical (unpaired) electrons. The van der Waals surface area contributed by atoms with Crippen molar-refractivity contribution in [3.8, 4) is 0 Å². The maximum atomic E-state index is 13.4. The molecule has 0 bridgehead atoms. The van der Waals surface area contributed by atoms with Crippen LogP contribution in [0.25, 0.3) is 0 Å². The van der Waals surface area contributed by atoms with Crippen molar-refractivity contribution in [1.29, 1.82) is 0 Å². The molecule has 2 aromatic rings. The highest BCUT2D eigenvalue weighted by molar-refractivity contribution is 6.31. The van der Waals surface area contributed by atoms with Crippen LogP contribution in [-0.4, -0.2) is 20.8 Å². The summed E-state index contributed by atoms with van der Waals surface area (Å²) in [6.45, 7) is 1.11. The Kier molecular flexibility index (Phi) is 3.48. The van der Waals surface area contributed by atoms with Crippen molar-refractivity contribution in [3.63, 3.8) is 0 Å². The highest BCUT2D eigenvalue weighted by atomic mass is 35.5. The standard InChI is InChI=1S/C13H14ClFN4/c14-13-9(2-1-3-11(13)15)7-19-12(17-8-18-19)6-16-10-4-5-10/h1-3,8,10,16H,4-7H2. The molecule has 6 heteroatoms. The van der Waals surface area contributed by atoms with Gasteiger partial charge in [0, 0.05) is 6.04 Å². The topological polar surface area (TPSA) is 42.7 Å². The SMILES string of the molecule is Fc1cccc(Cn2ncnc2CNC2CC2)c1Cl. The van der Waals surface area contributed by atoms with Gasteiger partial charge in [-0.15, -0.1) is 0 Å². The molecule has 1 aliphatic rings. The van der Waals surface area contributed by atoms with Crippen LogP contribution in [0.15, 0.2) is 24.5 Å². The van der Waals surface area contributed by atoms with Crippen LogP contribution in [0.2, 0.25) is 5.02 Å². The maximum absolute atomic E-state index is 13.4. The van der Waals surface area contributed by atoms with Gasteiger partial charge in [-0.2, -0.15) is 5.10 Å². The van der Waals surface area contributed by atoms with Gasteiger partial charge in [0.2, 0.25) is 0 Å². The van der Waals surface area contributed by atoms with Gasteiger partial charge in [-0.25, -0.2) is 14.1 Å². The van der Waals surface area contributed by atoms with E-state index in [0.717, 1.165) is 5.82 Å². The molecule has 0 saturated heterocycles. The highest BCUT2D eigenvalue weighted by Gasteiger charge is 2.21. The number of rotatable bonds is 5. The summed E-state index contributed by atoms with van der Waals surface area (Å²) in [5, 5.41) is 7.70. The van der Waals surface area contributed by atoms with E-state index in [2.05, 4.69) is 15.4 Å². The average molecular weight is 281 g/mol. The summed E-state index contributed by atoms with van der Waals surface area (Å²) >= 11 is 5.95. The van der Waals surface area contributed by atoms with Crippen molar-refractivity contribution < 1.29 is 4.39 Å². The summed E-state index contributed by atoms with van der Waals surface area (Å²) in [7, 11) is 0. The molecule has 0 spiro atoms. The molecule has 1 aromatic carbocycles. The van der Waals surface area contributed by atoms with E-state index in [4.69, 9.17) is 11.6 Å². The largest absolute Gasteiger partial charge is 0.307 e. The van der Waals surface area contributed by atoms with E-state index in [1.807, 2.05) is 0 Å². The van der Waals surface area contributed by atoms with Gasteiger partial charge in [-0.3, -0.25) is 0 Å². The van der Waals surface area contributed by atoms with Crippen LogP contribution < -0.4 is 5.32 Å². The van der Waals surface area contributed by atoms with E-state index in [1.54, 1.807) is 16.8 Å². The number of aromatic nitrogens is 3. The molecule has 1 N–H and O–H groups in total.